The highest BCUT2D eigenvalue weighted by atomic mass is 79.9. The smallest absolute Gasteiger partial charge is 0.244 e. The molecule has 0 aromatic carbocycles. The van der Waals surface area contributed by atoms with E-state index in [0.29, 0.717) is 8.81 Å². The molecule has 0 bridgehead atoms. The molecule has 0 atom stereocenters. The number of rotatable bonds is 4. The van der Waals surface area contributed by atoms with E-state index in [1.165, 1.54) is 41.1 Å². The first-order valence-corrected chi connectivity index (χ1v) is 8.63. The van der Waals surface area contributed by atoms with Crippen molar-refractivity contribution < 1.29 is 8.42 Å². The SMILES string of the molecule is CN(Cc1ccc(Cl)s1)S(=O)(=O)c1cncc(Br)c1. The minimum absolute atomic E-state index is 0.159. The Morgan fingerprint density at radius 3 is 2.74 bits per heavy atom. The van der Waals surface area contributed by atoms with E-state index in [9.17, 15) is 8.42 Å². The third kappa shape index (κ3) is 3.55. The molecule has 19 heavy (non-hydrogen) atoms. The number of halogens is 2. The summed E-state index contributed by atoms with van der Waals surface area (Å²) >= 11 is 10.4. The van der Waals surface area contributed by atoms with E-state index in [4.69, 9.17) is 11.6 Å². The molecule has 0 aliphatic rings. The zero-order valence-corrected chi connectivity index (χ0v) is 13.9. The van der Waals surface area contributed by atoms with Crippen molar-refractivity contribution in [3.05, 3.63) is 44.3 Å². The van der Waals surface area contributed by atoms with E-state index < -0.39 is 10.0 Å². The van der Waals surface area contributed by atoms with Crippen LogP contribution in [0, 0.1) is 0 Å². The van der Waals surface area contributed by atoms with Crippen molar-refractivity contribution in [2.45, 2.75) is 11.4 Å². The zero-order valence-electron chi connectivity index (χ0n) is 9.88. The fourth-order valence-electron chi connectivity index (χ4n) is 1.45. The van der Waals surface area contributed by atoms with Crippen LogP contribution in [0.1, 0.15) is 4.88 Å². The maximum Gasteiger partial charge on any atom is 0.244 e. The molecule has 102 valence electrons. The number of thiophene rings is 1. The third-order valence-corrected chi connectivity index (χ3v) is 5.81. The molecule has 0 radical (unpaired) electrons. The summed E-state index contributed by atoms with van der Waals surface area (Å²) in [5, 5.41) is 0. The van der Waals surface area contributed by atoms with Crippen LogP contribution in [0.25, 0.3) is 0 Å². The lowest BCUT2D eigenvalue weighted by atomic mass is 10.5. The van der Waals surface area contributed by atoms with E-state index in [0.717, 1.165) is 4.88 Å². The van der Waals surface area contributed by atoms with Crippen LogP contribution in [0.4, 0.5) is 0 Å². The molecule has 2 aromatic heterocycles. The first kappa shape index (κ1) is 14.9. The number of pyridine rings is 1. The molecule has 2 rings (SSSR count). The molecule has 0 spiro atoms. The van der Waals surface area contributed by atoms with Crippen molar-refractivity contribution in [1.29, 1.82) is 0 Å². The van der Waals surface area contributed by atoms with E-state index in [2.05, 4.69) is 20.9 Å². The topological polar surface area (TPSA) is 50.3 Å². The van der Waals surface area contributed by atoms with Crippen molar-refractivity contribution in [1.82, 2.24) is 9.29 Å². The van der Waals surface area contributed by atoms with Gasteiger partial charge in [0.05, 0.1) is 4.34 Å². The number of aromatic nitrogens is 1. The van der Waals surface area contributed by atoms with Gasteiger partial charge in [-0.1, -0.05) is 11.6 Å². The maximum absolute atomic E-state index is 12.3. The summed E-state index contributed by atoms with van der Waals surface area (Å²) in [6.07, 6.45) is 2.87. The van der Waals surface area contributed by atoms with Crippen molar-refractivity contribution in [2.24, 2.45) is 0 Å². The molecular weight excluding hydrogens is 372 g/mol. The van der Waals surface area contributed by atoms with Crippen molar-refractivity contribution in [3.63, 3.8) is 0 Å². The normalized spacial score (nSPS) is 12.0. The molecule has 0 unspecified atom stereocenters. The Hall–Kier alpha value is -0.470. The van der Waals surface area contributed by atoms with E-state index in [1.54, 1.807) is 6.07 Å². The number of hydrogen-bond acceptors (Lipinski definition) is 4. The molecule has 0 N–H and O–H groups in total. The van der Waals surface area contributed by atoms with Gasteiger partial charge < -0.3 is 0 Å². The summed E-state index contributed by atoms with van der Waals surface area (Å²) < 4.78 is 27.2. The van der Waals surface area contributed by atoms with Gasteiger partial charge in [0.1, 0.15) is 4.90 Å². The lowest BCUT2D eigenvalue weighted by molar-refractivity contribution is 0.469. The van der Waals surface area contributed by atoms with Gasteiger partial charge in [-0.15, -0.1) is 11.3 Å². The predicted molar refractivity (Wildman–Crippen MR) is 79.9 cm³/mol. The van der Waals surface area contributed by atoms with Gasteiger partial charge in [0.15, 0.2) is 0 Å². The molecule has 0 fully saturated rings. The average molecular weight is 382 g/mol. The summed E-state index contributed by atoms with van der Waals surface area (Å²) in [6, 6.07) is 5.10. The van der Waals surface area contributed by atoms with Crippen LogP contribution in [0.3, 0.4) is 0 Å². The molecule has 0 aliphatic carbocycles. The van der Waals surface area contributed by atoms with Crippen LogP contribution >= 0.6 is 38.9 Å². The minimum Gasteiger partial charge on any atom is -0.262 e. The Morgan fingerprint density at radius 1 is 1.42 bits per heavy atom. The Bertz CT molecular complexity index is 688. The Morgan fingerprint density at radius 2 is 2.16 bits per heavy atom. The minimum atomic E-state index is -3.55. The van der Waals surface area contributed by atoms with Gasteiger partial charge in [0, 0.05) is 35.3 Å². The monoisotopic (exact) mass is 380 g/mol. The molecule has 0 saturated heterocycles. The van der Waals surface area contributed by atoms with E-state index in [-0.39, 0.29) is 11.4 Å². The maximum atomic E-state index is 12.3. The lowest BCUT2D eigenvalue weighted by Crippen LogP contribution is -2.26. The van der Waals surface area contributed by atoms with Crippen molar-refractivity contribution in [3.8, 4) is 0 Å². The highest BCUT2D eigenvalue weighted by Crippen LogP contribution is 2.25. The number of nitrogens with zero attached hydrogens (tertiary/aromatic N) is 2. The number of sulfonamides is 1. The number of hydrogen-bond donors (Lipinski definition) is 0. The second-order valence-electron chi connectivity index (χ2n) is 3.81. The van der Waals surface area contributed by atoms with Crippen LogP contribution in [0.15, 0.2) is 40.0 Å². The molecule has 4 nitrogen and oxygen atoms in total. The Labute approximate surface area is 129 Å². The molecule has 2 aromatic rings. The van der Waals surface area contributed by atoms with Gasteiger partial charge in [-0.05, 0) is 34.1 Å². The quantitative estimate of drug-likeness (QED) is 0.816. The summed E-state index contributed by atoms with van der Waals surface area (Å²) in [5.41, 5.74) is 0. The molecule has 0 amide bonds. The van der Waals surface area contributed by atoms with Crippen LogP contribution in [-0.2, 0) is 16.6 Å². The predicted octanol–water partition coefficient (Wildman–Crippen LogP) is 3.38. The lowest BCUT2D eigenvalue weighted by Gasteiger charge is -2.16. The third-order valence-electron chi connectivity index (χ3n) is 2.40. The van der Waals surface area contributed by atoms with Crippen molar-refractivity contribution in [2.75, 3.05) is 7.05 Å². The fourth-order valence-corrected chi connectivity index (χ4v) is 4.33. The van der Waals surface area contributed by atoms with Gasteiger partial charge in [-0.2, -0.15) is 4.31 Å². The Kier molecular flexibility index (Phi) is 4.62. The molecule has 0 aliphatic heterocycles. The van der Waals surface area contributed by atoms with Gasteiger partial charge in [-0.3, -0.25) is 4.98 Å². The van der Waals surface area contributed by atoms with Crippen LogP contribution in [0.5, 0.6) is 0 Å². The summed E-state index contributed by atoms with van der Waals surface area (Å²) in [6.45, 7) is 0.284. The first-order chi connectivity index (χ1) is 8.89. The van der Waals surface area contributed by atoms with Crippen molar-refractivity contribution >= 4 is 48.9 Å². The highest BCUT2D eigenvalue weighted by molar-refractivity contribution is 9.10. The summed E-state index contributed by atoms with van der Waals surface area (Å²) in [4.78, 5) is 4.92. The van der Waals surface area contributed by atoms with Gasteiger partial charge >= 0.3 is 0 Å². The van der Waals surface area contributed by atoms with Gasteiger partial charge in [-0.25, -0.2) is 8.42 Å². The average Bonchev–Trinajstić information content (AvgIpc) is 2.74. The van der Waals surface area contributed by atoms with Crippen LogP contribution in [-0.4, -0.2) is 24.8 Å². The largest absolute Gasteiger partial charge is 0.262 e. The van der Waals surface area contributed by atoms with Crippen LogP contribution in [0.2, 0.25) is 4.34 Å². The zero-order chi connectivity index (χ0) is 14.0. The van der Waals surface area contributed by atoms with Gasteiger partial charge in [0.2, 0.25) is 10.0 Å². The second kappa shape index (κ2) is 5.88. The standard InChI is InChI=1S/C11H10BrClN2O2S2/c1-15(7-9-2-3-11(13)18-9)19(16,17)10-4-8(12)5-14-6-10/h2-6H,7H2,1H3. The second-order valence-corrected chi connectivity index (χ2v) is 8.57. The highest BCUT2D eigenvalue weighted by Gasteiger charge is 2.22. The van der Waals surface area contributed by atoms with E-state index in [1.807, 2.05) is 6.07 Å². The molecule has 2 heterocycles. The first-order valence-electron chi connectivity index (χ1n) is 5.21. The summed E-state index contributed by atoms with van der Waals surface area (Å²) in [7, 11) is -2.01. The Balaban J connectivity index is 2.24. The summed E-state index contributed by atoms with van der Waals surface area (Å²) in [5.74, 6) is 0. The fraction of sp³-hybridized carbons (Fsp3) is 0.182. The molecular formula is C11H10BrClN2O2S2. The molecule has 0 saturated carbocycles. The van der Waals surface area contributed by atoms with Gasteiger partial charge in [0.25, 0.3) is 0 Å². The molecule has 8 heteroatoms. The van der Waals surface area contributed by atoms with E-state index >= 15 is 0 Å². The van der Waals surface area contributed by atoms with Crippen LogP contribution < -0.4 is 0 Å².